The average molecular weight is 296 g/mol. The van der Waals surface area contributed by atoms with Gasteiger partial charge in [0.2, 0.25) is 0 Å². The highest BCUT2D eigenvalue weighted by Gasteiger charge is 2.38. The molecule has 1 aliphatic rings. The zero-order chi connectivity index (χ0) is 15.7. The predicted molar refractivity (Wildman–Crippen MR) is 88.6 cm³/mol. The van der Waals surface area contributed by atoms with Crippen molar-refractivity contribution in [1.82, 2.24) is 0 Å². The van der Waals surface area contributed by atoms with Gasteiger partial charge in [0.15, 0.2) is 0 Å². The van der Waals surface area contributed by atoms with Gasteiger partial charge in [0, 0.05) is 11.4 Å². The topological polar surface area (TPSA) is 41.6 Å². The Morgan fingerprint density at radius 3 is 2.45 bits per heavy atom. The lowest BCUT2D eigenvalue weighted by atomic mass is 10.0. The Bertz CT molecular complexity index is 692. The number of carbonyl (C=O) groups excluding carboxylic acids is 1. The molecular weight excluding hydrogens is 276 g/mol. The van der Waals surface area contributed by atoms with E-state index in [-0.39, 0.29) is 5.91 Å². The molecule has 2 aromatic carbocycles. The number of anilines is 2. The van der Waals surface area contributed by atoms with Crippen molar-refractivity contribution in [3.63, 3.8) is 0 Å². The first-order valence-corrected chi connectivity index (χ1v) is 7.47. The highest BCUT2D eigenvalue weighted by molar-refractivity contribution is 6.12. The van der Waals surface area contributed by atoms with E-state index in [1.54, 1.807) is 4.90 Å². The molecule has 0 spiro atoms. The third-order valence-electron chi connectivity index (χ3n) is 3.77. The summed E-state index contributed by atoms with van der Waals surface area (Å²) in [6, 6.07) is 15.2. The van der Waals surface area contributed by atoms with Gasteiger partial charge in [-0.3, -0.25) is 9.69 Å². The molecule has 0 radical (unpaired) electrons. The second-order valence-electron chi connectivity index (χ2n) is 5.80. The predicted octanol–water partition coefficient (Wildman–Crippen LogP) is 3.89. The molecule has 1 heterocycles. The standard InChI is InChI=1S/C18H20N2O2/c1-4-22-14-11-9-13(10-12-14)20-17(21)15-7-5-6-8-16(15)19-18(20,2)3/h5-12,19H,4H2,1-3H3. The number of nitrogens with one attached hydrogen (secondary N) is 1. The van der Waals surface area contributed by atoms with Crippen LogP contribution < -0.4 is 15.0 Å². The zero-order valence-corrected chi connectivity index (χ0v) is 13.1. The van der Waals surface area contributed by atoms with Gasteiger partial charge in [0.25, 0.3) is 5.91 Å². The van der Waals surface area contributed by atoms with E-state index in [0.29, 0.717) is 12.2 Å². The number of nitrogens with zero attached hydrogens (tertiary/aromatic N) is 1. The summed E-state index contributed by atoms with van der Waals surface area (Å²) in [5.74, 6) is 0.811. The Hall–Kier alpha value is -2.49. The van der Waals surface area contributed by atoms with Crippen LogP contribution in [-0.2, 0) is 0 Å². The Balaban J connectivity index is 2.00. The highest BCUT2D eigenvalue weighted by atomic mass is 16.5. The second-order valence-corrected chi connectivity index (χ2v) is 5.80. The van der Waals surface area contributed by atoms with E-state index < -0.39 is 5.66 Å². The van der Waals surface area contributed by atoms with Gasteiger partial charge in [-0.15, -0.1) is 0 Å². The maximum absolute atomic E-state index is 12.9. The van der Waals surface area contributed by atoms with Crippen LogP contribution in [0, 0.1) is 0 Å². The summed E-state index contributed by atoms with van der Waals surface area (Å²) < 4.78 is 5.46. The zero-order valence-electron chi connectivity index (χ0n) is 13.1. The van der Waals surface area contributed by atoms with Crippen LogP contribution in [0.15, 0.2) is 48.5 Å². The molecule has 0 aromatic heterocycles. The van der Waals surface area contributed by atoms with Gasteiger partial charge in [-0.1, -0.05) is 12.1 Å². The molecule has 114 valence electrons. The number of benzene rings is 2. The molecule has 4 nitrogen and oxygen atoms in total. The van der Waals surface area contributed by atoms with Crippen molar-refractivity contribution < 1.29 is 9.53 Å². The summed E-state index contributed by atoms with van der Waals surface area (Å²) in [5.41, 5.74) is 1.91. The summed E-state index contributed by atoms with van der Waals surface area (Å²) in [5, 5.41) is 3.43. The first-order valence-electron chi connectivity index (χ1n) is 7.47. The number of ether oxygens (including phenoxy) is 1. The fraction of sp³-hybridized carbons (Fsp3) is 0.278. The fourth-order valence-electron chi connectivity index (χ4n) is 2.84. The molecule has 0 fully saturated rings. The Morgan fingerprint density at radius 1 is 1.09 bits per heavy atom. The molecule has 0 saturated heterocycles. The molecule has 22 heavy (non-hydrogen) atoms. The summed E-state index contributed by atoms with van der Waals surface area (Å²) in [6.07, 6.45) is 0. The summed E-state index contributed by atoms with van der Waals surface area (Å²) >= 11 is 0. The number of fused-ring (bicyclic) bond motifs is 1. The summed E-state index contributed by atoms with van der Waals surface area (Å²) in [6.45, 7) is 6.57. The van der Waals surface area contributed by atoms with Crippen molar-refractivity contribution in [3.8, 4) is 5.75 Å². The van der Waals surface area contributed by atoms with E-state index in [9.17, 15) is 4.79 Å². The van der Waals surface area contributed by atoms with Crippen molar-refractivity contribution in [2.75, 3.05) is 16.8 Å². The number of amides is 1. The smallest absolute Gasteiger partial charge is 0.262 e. The number of carbonyl (C=O) groups is 1. The van der Waals surface area contributed by atoms with Gasteiger partial charge >= 0.3 is 0 Å². The van der Waals surface area contributed by atoms with Crippen molar-refractivity contribution in [1.29, 1.82) is 0 Å². The fourth-order valence-corrected chi connectivity index (χ4v) is 2.84. The highest BCUT2D eigenvalue weighted by Crippen LogP contribution is 2.35. The molecule has 1 amide bonds. The Kier molecular flexibility index (Phi) is 3.53. The monoisotopic (exact) mass is 296 g/mol. The van der Waals surface area contributed by atoms with Gasteiger partial charge in [-0.25, -0.2) is 0 Å². The molecule has 0 unspecified atom stereocenters. The van der Waals surface area contributed by atoms with Crippen LogP contribution in [-0.4, -0.2) is 18.2 Å². The molecule has 4 heteroatoms. The SMILES string of the molecule is CCOc1ccc(N2C(=O)c3ccccc3NC2(C)C)cc1. The quantitative estimate of drug-likeness (QED) is 0.934. The minimum Gasteiger partial charge on any atom is -0.494 e. The van der Waals surface area contributed by atoms with Gasteiger partial charge < -0.3 is 10.1 Å². The summed E-state index contributed by atoms with van der Waals surface area (Å²) in [4.78, 5) is 14.7. The largest absolute Gasteiger partial charge is 0.494 e. The van der Waals surface area contributed by atoms with Crippen LogP contribution in [0.4, 0.5) is 11.4 Å². The lowest BCUT2D eigenvalue weighted by Crippen LogP contribution is -2.56. The van der Waals surface area contributed by atoms with E-state index in [4.69, 9.17) is 4.74 Å². The van der Waals surface area contributed by atoms with Crippen LogP contribution >= 0.6 is 0 Å². The van der Waals surface area contributed by atoms with Crippen LogP contribution in [0.2, 0.25) is 0 Å². The maximum Gasteiger partial charge on any atom is 0.262 e. The van der Waals surface area contributed by atoms with Crippen LogP contribution in [0.25, 0.3) is 0 Å². The average Bonchev–Trinajstić information content (AvgIpc) is 2.48. The minimum absolute atomic E-state index is 0.00325. The molecular formula is C18H20N2O2. The van der Waals surface area contributed by atoms with E-state index in [1.807, 2.05) is 69.3 Å². The third-order valence-corrected chi connectivity index (χ3v) is 3.77. The normalized spacial score (nSPS) is 16.0. The Labute approximate surface area is 130 Å². The molecule has 3 rings (SSSR count). The minimum atomic E-state index is -0.501. The van der Waals surface area contributed by atoms with E-state index >= 15 is 0 Å². The summed E-state index contributed by atoms with van der Waals surface area (Å²) in [7, 11) is 0. The molecule has 2 aromatic rings. The molecule has 1 aliphatic heterocycles. The molecule has 1 N–H and O–H groups in total. The van der Waals surface area contributed by atoms with Crippen LogP contribution in [0.1, 0.15) is 31.1 Å². The maximum atomic E-state index is 12.9. The molecule has 0 bridgehead atoms. The van der Waals surface area contributed by atoms with Gasteiger partial charge in [-0.05, 0) is 57.2 Å². The van der Waals surface area contributed by atoms with Crippen molar-refractivity contribution in [2.45, 2.75) is 26.4 Å². The van der Waals surface area contributed by atoms with Crippen LogP contribution in [0.3, 0.4) is 0 Å². The number of hydrogen-bond acceptors (Lipinski definition) is 3. The van der Waals surface area contributed by atoms with Gasteiger partial charge in [0.05, 0.1) is 12.2 Å². The van der Waals surface area contributed by atoms with Gasteiger partial charge in [-0.2, -0.15) is 0 Å². The van der Waals surface area contributed by atoms with Crippen molar-refractivity contribution in [3.05, 3.63) is 54.1 Å². The van der Waals surface area contributed by atoms with E-state index in [1.165, 1.54) is 0 Å². The second kappa shape index (κ2) is 5.37. The van der Waals surface area contributed by atoms with Gasteiger partial charge in [0.1, 0.15) is 11.4 Å². The van der Waals surface area contributed by atoms with E-state index in [2.05, 4.69) is 5.32 Å². The lowest BCUT2D eigenvalue weighted by Gasteiger charge is -2.44. The van der Waals surface area contributed by atoms with E-state index in [0.717, 1.165) is 17.1 Å². The number of rotatable bonds is 3. The van der Waals surface area contributed by atoms with Crippen molar-refractivity contribution >= 4 is 17.3 Å². The third kappa shape index (κ3) is 2.41. The molecule has 0 aliphatic carbocycles. The molecule has 0 saturated carbocycles. The Morgan fingerprint density at radius 2 is 1.77 bits per heavy atom. The van der Waals surface area contributed by atoms with Crippen LogP contribution in [0.5, 0.6) is 5.75 Å². The number of hydrogen-bond donors (Lipinski definition) is 1. The lowest BCUT2D eigenvalue weighted by molar-refractivity contribution is 0.0961. The number of para-hydroxylation sites is 1. The first-order chi connectivity index (χ1) is 10.5. The molecule has 0 atom stereocenters. The van der Waals surface area contributed by atoms with Crippen molar-refractivity contribution in [2.24, 2.45) is 0 Å². The first kappa shape index (κ1) is 14.4.